The third-order valence-electron chi connectivity index (χ3n) is 6.28. The molecule has 0 aliphatic heterocycles. The largest absolute Gasteiger partial charge is 0.508 e. The van der Waals surface area contributed by atoms with Gasteiger partial charge in [-0.15, -0.1) is 0 Å². The highest BCUT2D eigenvalue weighted by atomic mass is 16.3. The zero-order chi connectivity index (χ0) is 23.6. The van der Waals surface area contributed by atoms with Gasteiger partial charge in [0.25, 0.3) is 0 Å². The summed E-state index contributed by atoms with van der Waals surface area (Å²) in [6, 6.07) is 3.22. The van der Waals surface area contributed by atoms with Crippen molar-refractivity contribution in [2.24, 2.45) is 5.92 Å². The van der Waals surface area contributed by atoms with E-state index in [1.54, 1.807) is 19.1 Å². The Balaban J connectivity index is 2.40. The van der Waals surface area contributed by atoms with Crippen molar-refractivity contribution in [3.63, 3.8) is 0 Å². The topological polar surface area (TPSA) is 60.7 Å². The molecule has 0 saturated carbocycles. The van der Waals surface area contributed by atoms with E-state index >= 15 is 0 Å². The summed E-state index contributed by atoms with van der Waals surface area (Å²) < 4.78 is 0. The van der Waals surface area contributed by atoms with Crippen molar-refractivity contribution < 1.29 is 15.3 Å². The molecule has 3 heteroatoms. The van der Waals surface area contributed by atoms with Crippen LogP contribution in [-0.2, 0) is 6.42 Å². The lowest BCUT2D eigenvalue weighted by molar-refractivity contribution is 0.0215. The lowest BCUT2D eigenvalue weighted by Gasteiger charge is -2.25. The molecule has 0 spiro atoms. The molecule has 1 aromatic carbocycles. The average molecular weight is 429 g/mol. The van der Waals surface area contributed by atoms with Crippen molar-refractivity contribution in [1.29, 1.82) is 0 Å². The molecular formula is C28H44O3. The van der Waals surface area contributed by atoms with Crippen LogP contribution in [0.3, 0.4) is 0 Å². The van der Waals surface area contributed by atoms with Crippen LogP contribution >= 0.6 is 0 Å². The third kappa shape index (κ3) is 10.7. The molecule has 0 unspecified atom stereocenters. The van der Waals surface area contributed by atoms with Gasteiger partial charge in [0.2, 0.25) is 0 Å². The first-order chi connectivity index (χ1) is 14.4. The van der Waals surface area contributed by atoms with Gasteiger partial charge in [0.1, 0.15) is 11.5 Å². The summed E-state index contributed by atoms with van der Waals surface area (Å²) in [4.78, 5) is 0. The molecule has 0 saturated heterocycles. The number of hydrogen-bond donors (Lipinski definition) is 3. The van der Waals surface area contributed by atoms with Crippen LogP contribution in [0.25, 0.3) is 0 Å². The van der Waals surface area contributed by atoms with Gasteiger partial charge in [0.05, 0.1) is 5.60 Å². The molecule has 0 bridgehead atoms. The molecule has 31 heavy (non-hydrogen) atoms. The molecule has 1 rings (SSSR count). The molecule has 0 fully saturated rings. The molecule has 1 atom stereocenters. The summed E-state index contributed by atoms with van der Waals surface area (Å²) in [6.45, 7) is 14.2. The van der Waals surface area contributed by atoms with Crippen LogP contribution in [0, 0.1) is 12.8 Å². The summed E-state index contributed by atoms with van der Waals surface area (Å²) in [5, 5.41) is 29.9. The maximum Gasteiger partial charge on any atom is 0.122 e. The number of aromatic hydroxyl groups is 2. The summed E-state index contributed by atoms with van der Waals surface area (Å²) >= 11 is 0. The van der Waals surface area contributed by atoms with E-state index in [0.717, 1.165) is 44.1 Å². The standard InChI is InChI=1S/C28H44O3/c1-20(10-8-12-21(2)14-16-24(5)28(6,7)31)11-9-13-22(3)15-17-25-19-26(29)18-23(4)27(25)30/h11-12,15,18-19,24,29-31H,8-10,13-14,16-17H2,1-7H3/b20-11+,21-12+,22-15+/t24-/m1/s1. The minimum Gasteiger partial charge on any atom is -0.508 e. The fraction of sp³-hybridized carbons (Fsp3) is 0.571. The lowest BCUT2D eigenvalue weighted by Crippen LogP contribution is -2.28. The van der Waals surface area contributed by atoms with E-state index in [-0.39, 0.29) is 11.5 Å². The predicted octanol–water partition coefficient (Wildman–Crippen LogP) is 7.54. The van der Waals surface area contributed by atoms with Crippen molar-refractivity contribution in [2.75, 3.05) is 0 Å². The van der Waals surface area contributed by atoms with Crippen molar-refractivity contribution in [3.05, 3.63) is 58.2 Å². The predicted molar refractivity (Wildman–Crippen MR) is 133 cm³/mol. The first kappa shape index (κ1) is 27.0. The second-order valence-electron chi connectivity index (χ2n) is 9.80. The number of aliphatic hydroxyl groups is 1. The Labute approximate surface area is 190 Å². The molecule has 0 radical (unpaired) electrons. The minimum absolute atomic E-state index is 0.200. The summed E-state index contributed by atoms with van der Waals surface area (Å²) in [5.74, 6) is 0.774. The van der Waals surface area contributed by atoms with E-state index in [1.807, 2.05) is 13.8 Å². The second-order valence-corrected chi connectivity index (χ2v) is 9.80. The zero-order valence-corrected chi connectivity index (χ0v) is 20.8. The molecule has 174 valence electrons. The van der Waals surface area contributed by atoms with Gasteiger partial charge in [0, 0.05) is 5.56 Å². The average Bonchev–Trinajstić information content (AvgIpc) is 2.66. The van der Waals surface area contributed by atoms with Gasteiger partial charge in [-0.05, 0) is 110 Å². The van der Waals surface area contributed by atoms with Gasteiger partial charge in [-0.3, -0.25) is 0 Å². The Kier molecular flexibility index (Phi) is 11.1. The fourth-order valence-corrected chi connectivity index (χ4v) is 3.47. The number of benzene rings is 1. The summed E-state index contributed by atoms with van der Waals surface area (Å²) in [6.07, 6.45) is 13.7. The number of allylic oxidation sites excluding steroid dienone is 6. The van der Waals surface area contributed by atoms with E-state index in [2.05, 4.69) is 45.9 Å². The second kappa shape index (κ2) is 12.8. The van der Waals surface area contributed by atoms with Gasteiger partial charge in [-0.2, -0.15) is 0 Å². The van der Waals surface area contributed by atoms with Crippen LogP contribution in [0.5, 0.6) is 11.5 Å². The first-order valence-corrected chi connectivity index (χ1v) is 11.6. The maximum absolute atomic E-state index is 10.1. The number of hydrogen-bond acceptors (Lipinski definition) is 3. The van der Waals surface area contributed by atoms with Crippen molar-refractivity contribution in [1.82, 2.24) is 0 Å². The fourth-order valence-electron chi connectivity index (χ4n) is 3.47. The Bertz CT molecular complexity index is 791. The highest BCUT2D eigenvalue weighted by Gasteiger charge is 2.21. The number of phenols is 2. The van der Waals surface area contributed by atoms with Crippen LogP contribution < -0.4 is 0 Å². The monoisotopic (exact) mass is 428 g/mol. The molecule has 0 aromatic heterocycles. The molecule has 0 heterocycles. The van der Waals surface area contributed by atoms with E-state index < -0.39 is 5.60 Å². The van der Waals surface area contributed by atoms with Crippen molar-refractivity contribution in [2.45, 2.75) is 99.0 Å². The Morgan fingerprint density at radius 2 is 1.42 bits per heavy atom. The van der Waals surface area contributed by atoms with Gasteiger partial charge in [-0.1, -0.05) is 41.9 Å². The molecule has 3 nitrogen and oxygen atoms in total. The highest BCUT2D eigenvalue weighted by Crippen LogP contribution is 2.28. The number of aryl methyl sites for hydroxylation is 1. The van der Waals surface area contributed by atoms with Crippen LogP contribution in [-0.4, -0.2) is 20.9 Å². The first-order valence-electron chi connectivity index (χ1n) is 11.6. The van der Waals surface area contributed by atoms with Crippen LogP contribution in [0.4, 0.5) is 0 Å². The number of rotatable bonds is 12. The van der Waals surface area contributed by atoms with Crippen LogP contribution in [0.2, 0.25) is 0 Å². The Morgan fingerprint density at radius 1 is 0.903 bits per heavy atom. The SMILES string of the molecule is C/C(=C\CC/C(C)=C/Cc1cc(O)cc(C)c1O)CC/C=C(\C)CC[C@@H](C)C(C)(C)O. The van der Waals surface area contributed by atoms with Gasteiger partial charge < -0.3 is 15.3 Å². The molecular weight excluding hydrogens is 384 g/mol. The van der Waals surface area contributed by atoms with Gasteiger partial charge in [-0.25, -0.2) is 0 Å². The summed E-state index contributed by atoms with van der Waals surface area (Å²) in [7, 11) is 0. The quantitative estimate of drug-likeness (QED) is 0.238. The van der Waals surface area contributed by atoms with E-state index in [9.17, 15) is 15.3 Å². The zero-order valence-electron chi connectivity index (χ0n) is 20.8. The van der Waals surface area contributed by atoms with E-state index in [1.165, 1.54) is 16.7 Å². The lowest BCUT2D eigenvalue weighted by atomic mass is 9.87. The minimum atomic E-state index is -0.603. The smallest absolute Gasteiger partial charge is 0.122 e. The molecule has 0 aliphatic carbocycles. The molecule has 0 amide bonds. The molecule has 3 N–H and O–H groups in total. The molecule has 1 aromatic rings. The molecule has 0 aliphatic rings. The van der Waals surface area contributed by atoms with Crippen LogP contribution in [0.15, 0.2) is 47.1 Å². The highest BCUT2D eigenvalue weighted by molar-refractivity contribution is 5.46. The Hall–Kier alpha value is -2.00. The normalized spacial score (nSPS) is 14.8. The van der Waals surface area contributed by atoms with Crippen LogP contribution in [0.1, 0.15) is 91.2 Å². The van der Waals surface area contributed by atoms with Crippen molar-refractivity contribution in [3.8, 4) is 11.5 Å². The number of phenolic OH excluding ortho intramolecular Hbond substituents is 2. The Morgan fingerprint density at radius 3 is 1.97 bits per heavy atom. The van der Waals surface area contributed by atoms with E-state index in [4.69, 9.17) is 0 Å². The van der Waals surface area contributed by atoms with Crippen molar-refractivity contribution >= 4 is 0 Å². The summed E-state index contributed by atoms with van der Waals surface area (Å²) in [5.41, 5.74) is 4.99. The van der Waals surface area contributed by atoms with Gasteiger partial charge >= 0.3 is 0 Å². The third-order valence-corrected chi connectivity index (χ3v) is 6.28. The van der Waals surface area contributed by atoms with E-state index in [0.29, 0.717) is 17.9 Å². The van der Waals surface area contributed by atoms with Gasteiger partial charge in [0.15, 0.2) is 0 Å². The maximum atomic E-state index is 10.1.